The van der Waals surface area contributed by atoms with E-state index in [0.29, 0.717) is 17.4 Å². The quantitative estimate of drug-likeness (QED) is 0.528. The molecule has 0 radical (unpaired) electrons. The van der Waals surface area contributed by atoms with Crippen molar-refractivity contribution in [1.29, 1.82) is 0 Å². The van der Waals surface area contributed by atoms with Crippen LogP contribution in [0.25, 0.3) is 0 Å². The maximum absolute atomic E-state index is 6.67. The Morgan fingerprint density at radius 1 is 1.15 bits per heavy atom. The van der Waals surface area contributed by atoms with E-state index in [2.05, 4.69) is 50.9 Å². The van der Waals surface area contributed by atoms with Crippen molar-refractivity contribution in [2.24, 2.45) is 11.3 Å². The summed E-state index contributed by atoms with van der Waals surface area (Å²) in [4.78, 5) is 0. The number of halogens is 1. The molecule has 1 N–H and O–H groups in total. The van der Waals surface area contributed by atoms with E-state index in [1.165, 1.54) is 68.9 Å². The lowest BCUT2D eigenvalue weighted by Gasteiger charge is -2.34. The van der Waals surface area contributed by atoms with Crippen LogP contribution in [0.3, 0.4) is 0 Å². The summed E-state index contributed by atoms with van der Waals surface area (Å²) in [6, 6.07) is 7.27. The summed E-state index contributed by atoms with van der Waals surface area (Å²) < 4.78 is 0. The van der Waals surface area contributed by atoms with Crippen molar-refractivity contribution in [3.05, 3.63) is 46.6 Å². The van der Waals surface area contributed by atoms with Gasteiger partial charge in [0.25, 0.3) is 0 Å². The molecule has 3 rings (SSSR count). The predicted molar refractivity (Wildman–Crippen MR) is 118 cm³/mol. The Labute approximate surface area is 172 Å². The van der Waals surface area contributed by atoms with Crippen LogP contribution in [0.5, 0.6) is 0 Å². The van der Waals surface area contributed by atoms with Crippen LogP contribution in [0, 0.1) is 11.3 Å². The molecular weight excluding hydrogens is 350 g/mol. The Kier molecular flexibility index (Phi) is 6.95. The van der Waals surface area contributed by atoms with Crippen LogP contribution >= 0.6 is 11.6 Å². The molecule has 2 fully saturated rings. The summed E-state index contributed by atoms with van der Waals surface area (Å²) >= 11 is 6.67. The fourth-order valence-electron chi connectivity index (χ4n) is 5.05. The number of allylic oxidation sites excluding steroid dienone is 1. The molecule has 0 spiro atoms. The second-order valence-electron chi connectivity index (χ2n) is 9.90. The van der Waals surface area contributed by atoms with Gasteiger partial charge in [0.15, 0.2) is 0 Å². The zero-order valence-electron chi connectivity index (χ0n) is 17.6. The van der Waals surface area contributed by atoms with Crippen molar-refractivity contribution in [2.45, 2.75) is 96.9 Å². The van der Waals surface area contributed by atoms with Crippen LogP contribution < -0.4 is 5.32 Å². The minimum atomic E-state index is 0.513. The van der Waals surface area contributed by atoms with Gasteiger partial charge in [-0.3, -0.25) is 0 Å². The SMILES string of the molecule is C=C(Cc1ccc(C2CCC(C)(C)CC2)cc1Cl)NC(C)C1CCCCC1. The van der Waals surface area contributed by atoms with Gasteiger partial charge in [-0.25, -0.2) is 0 Å². The van der Waals surface area contributed by atoms with Crippen molar-refractivity contribution in [3.63, 3.8) is 0 Å². The largest absolute Gasteiger partial charge is 0.386 e. The van der Waals surface area contributed by atoms with E-state index < -0.39 is 0 Å². The van der Waals surface area contributed by atoms with Crippen LogP contribution in [0.1, 0.15) is 95.6 Å². The normalized spacial score (nSPS) is 22.4. The van der Waals surface area contributed by atoms with E-state index in [1.54, 1.807) is 0 Å². The fraction of sp³-hybridized carbons (Fsp3) is 0.680. The Hall–Kier alpha value is -0.950. The highest BCUT2D eigenvalue weighted by atomic mass is 35.5. The van der Waals surface area contributed by atoms with Gasteiger partial charge in [0.05, 0.1) is 0 Å². The van der Waals surface area contributed by atoms with E-state index in [1.807, 2.05) is 0 Å². The lowest BCUT2D eigenvalue weighted by molar-refractivity contribution is 0.224. The standard InChI is InChI=1S/C25H38ClN/c1-18(27-19(2)20-8-6-5-7-9-20)16-23-11-10-22(17-24(23)26)21-12-14-25(3,4)15-13-21/h10-11,17,19-21,27H,1,5-9,12-16H2,2-4H3. The summed E-state index contributed by atoms with van der Waals surface area (Å²) in [7, 11) is 0. The molecule has 0 aromatic heterocycles. The molecule has 1 aromatic carbocycles. The Morgan fingerprint density at radius 3 is 2.44 bits per heavy atom. The Bertz CT molecular complexity index is 632. The molecule has 1 unspecified atom stereocenters. The Balaban J connectivity index is 1.55. The molecule has 1 atom stereocenters. The third kappa shape index (κ3) is 5.76. The number of benzene rings is 1. The molecule has 2 aliphatic rings. The molecule has 0 aliphatic heterocycles. The predicted octanol–water partition coefficient (Wildman–Crippen LogP) is 7.64. The summed E-state index contributed by atoms with van der Waals surface area (Å²) in [6.45, 7) is 11.4. The van der Waals surface area contributed by atoms with Crippen LogP contribution in [0.4, 0.5) is 0 Å². The lowest BCUT2D eigenvalue weighted by atomic mass is 9.71. The van der Waals surface area contributed by atoms with E-state index in [4.69, 9.17) is 11.6 Å². The molecule has 1 nitrogen and oxygen atoms in total. The fourth-order valence-corrected chi connectivity index (χ4v) is 5.30. The zero-order chi connectivity index (χ0) is 19.4. The van der Waals surface area contributed by atoms with Gasteiger partial charge in [0, 0.05) is 23.2 Å². The van der Waals surface area contributed by atoms with Crippen LogP contribution in [-0.2, 0) is 6.42 Å². The highest BCUT2D eigenvalue weighted by Crippen LogP contribution is 2.43. The van der Waals surface area contributed by atoms with Gasteiger partial charge in [-0.2, -0.15) is 0 Å². The topological polar surface area (TPSA) is 12.0 Å². The summed E-state index contributed by atoms with van der Waals surface area (Å²) in [5.41, 5.74) is 4.24. The third-order valence-corrected chi connectivity index (χ3v) is 7.43. The van der Waals surface area contributed by atoms with Crippen molar-refractivity contribution in [2.75, 3.05) is 0 Å². The van der Waals surface area contributed by atoms with Crippen molar-refractivity contribution >= 4 is 11.6 Å². The molecule has 2 aliphatic carbocycles. The van der Waals surface area contributed by atoms with Gasteiger partial charge in [-0.05, 0) is 79.9 Å². The molecule has 27 heavy (non-hydrogen) atoms. The average molecular weight is 388 g/mol. The second-order valence-corrected chi connectivity index (χ2v) is 10.3. The molecule has 1 aromatic rings. The summed E-state index contributed by atoms with van der Waals surface area (Å²) in [5.74, 6) is 1.47. The summed E-state index contributed by atoms with van der Waals surface area (Å²) in [5, 5.41) is 4.57. The molecule has 0 bridgehead atoms. The van der Waals surface area contributed by atoms with Crippen LogP contribution in [-0.4, -0.2) is 6.04 Å². The molecule has 0 amide bonds. The highest BCUT2D eigenvalue weighted by Gasteiger charge is 2.28. The minimum Gasteiger partial charge on any atom is -0.386 e. The van der Waals surface area contributed by atoms with Crippen LogP contribution in [0.2, 0.25) is 5.02 Å². The van der Waals surface area contributed by atoms with Gasteiger partial charge in [-0.15, -0.1) is 0 Å². The number of nitrogens with one attached hydrogen (secondary N) is 1. The number of hydrogen-bond donors (Lipinski definition) is 1. The van der Waals surface area contributed by atoms with E-state index in [0.717, 1.165) is 23.1 Å². The van der Waals surface area contributed by atoms with Gasteiger partial charge in [0.2, 0.25) is 0 Å². The number of rotatable bonds is 6. The Morgan fingerprint density at radius 2 is 1.81 bits per heavy atom. The van der Waals surface area contributed by atoms with Gasteiger partial charge >= 0.3 is 0 Å². The third-order valence-electron chi connectivity index (χ3n) is 7.08. The zero-order valence-corrected chi connectivity index (χ0v) is 18.4. The van der Waals surface area contributed by atoms with Crippen molar-refractivity contribution < 1.29 is 0 Å². The van der Waals surface area contributed by atoms with E-state index in [9.17, 15) is 0 Å². The van der Waals surface area contributed by atoms with Gasteiger partial charge in [-0.1, -0.05) is 63.4 Å². The van der Waals surface area contributed by atoms with Gasteiger partial charge < -0.3 is 5.32 Å². The molecule has 0 saturated heterocycles. The average Bonchev–Trinajstić information content (AvgIpc) is 2.64. The first-order valence-corrected chi connectivity index (χ1v) is 11.4. The van der Waals surface area contributed by atoms with E-state index >= 15 is 0 Å². The molecule has 0 heterocycles. The smallest absolute Gasteiger partial charge is 0.0444 e. The minimum absolute atomic E-state index is 0.513. The summed E-state index contributed by atoms with van der Waals surface area (Å²) in [6.07, 6.45) is 12.9. The first kappa shape index (κ1) is 20.8. The first-order chi connectivity index (χ1) is 12.8. The molecule has 2 saturated carbocycles. The second kappa shape index (κ2) is 9.03. The number of hydrogen-bond acceptors (Lipinski definition) is 1. The molecular formula is C25H38ClN. The molecule has 150 valence electrons. The first-order valence-electron chi connectivity index (χ1n) is 11.1. The van der Waals surface area contributed by atoms with Crippen molar-refractivity contribution in [3.8, 4) is 0 Å². The van der Waals surface area contributed by atoms with Crippen molar-refractivity contribution in [1.82, 2.24) is 5.32 Å². The highest BCUT2D eigenvalue weighted by molar-refractivity contribution is 6.31. The lowest BCUT2D eigenvalue weighted by Crippen LogP contribution is -2.34. The maximum Gasteiger partial charge on any atom is 0.0444 e. The van der Waals surface area contributed by atoms with Crippen LogP contribution in [0.15, 0.2) is 30.5 Å². The van der Waals surface area contributed by atoms with E-state index in [-0.39, 0.29) is 0 Å². The molecule has 2 heteroatoms. The maximum atomic E-state index is 6.67. The van der Waals surface area contributed by atoms with Gasteiger partial charge in [0.1, 0.15) is 0 Å². The monoisotopic (exact) mass is 387 g/mol.